The molecule has 0 bridgehead atoms. The van der Waals surface area contributed by atoms with Crippen molar-refractivity contribution in [3.05, 3.63) is 34.6 Å². The van der Waals surface area contributed by atoms with Crippen LogP contribution >= 0.6 is 11.6 Å². The van der Waals surface area contributed by atoms with E-state index in [-0.39, 0.29) is 5.82 Å². The Morgan fingerprint density at radius 1 is 1.50 bits per heavy atom. The van der Waals surface area contributed by atoms with Gasteiger partial charge in [0.05, 0.1) is 0 Å². The molecule has 1 aromatic carbocycles. The standard InChI is InChI=1S/C14H20ClFN2/c1-2-8-18(11-6-7-17-9-11)10-12-13(15)4-3-5-14(12)16/h3-5,11,17H,2,6-10H2,1H3. The van der Waals surface area contributed by atoms with E-state index in [4.69, 9.17) is 11.6 Å². The smallest absolute Gasteiger partial charge is 0.129 e. The average molecular weight is 271 g/mol. The SMILES string of the molecule is CCCN(Cc1c(F)cccc1Cl)C1CCNC1. The zero-order valence-corrected chi connectivity index (χ0v) is 11.5. The van der Waals surface area contributed by atoms with Crippen LogP contribution in [0.1, 0.15) is 25.3 Å². The fourth-order valence-electron chi connectivity index (χ4n) is 2.52. The van der Waals surface area contributed by atoms with Crippen LogP contribution in [0.3, 0.4) is 0 Å². The van der Waals surface area contributed by atoms with Crippen molar-refractivity contribution in [1.82, 2.24) is 10.2 Å². The van der Waals surface area contributed by atoms with Crippen molar-refractivity contribution in [2.24, 2.45) is 0 Å². The van der Waals surface area contributed by atoms with E-state index in [1.807, 2.05) is 0 Å². The van der Waals surface area contributed by atoms with Crippen molar-refractivity contribution >= 4 is 11.6 Å². The number of rotatable bonds is 5. The second kappa shape index (κ2) is 6.50. The maximum atomic E-state index is 13.8. The topological polar surface area (TPSA) is 15.3 Å². The minimum atomic E-state index is -0.199. The molecular weight excluding hydrogens is 251 g/mol. The summed E-state index contributed by atoms with van der Waals surface area (Å²) >= 11 is 6.10. The molecule has 1 fully saturated rings. The predicted molar refractivity (Wildman–Crippen MR) is 73.4 cm³/mol. The third-order valence-corrected chi connectivity index (χ3v) is 3.84. The highest BCUT2D eigenvalue weighted by Gasteiger charge is 2.23. The number of nitrogens with one attached hydrogen (secondary N) is 1. The van der Waals surface area contributed by atoms with Gasteiger partial charge in [0.1, 0.15) is 5.82 Å². The Morgan fingerprint density at radius 3 is 2.94 bits per heavy atom. The van der Waals surface area contributed by atoms with Crippen LogP contribution in [0, 0.1) is 5.82 Å². The van der Waals surface area contributed by atoms with Crippen LogP contribution in [0.5, 0.6) is 0 Å². The Bertz CT molecular complexity index is 371. The van der Waals surface area contributed by atoms with Crippen LogP contribution in [0.4, 0.5) is 4.39 Å². The average Bonchev–Trinajstić information content (AvgIpc) is 2.86. The van der Waals surface area contributed by atoms with E-state index in [0.717, 1.165) is 32.5 Å². The molecule has 1 saturated heterocycles. The lowest BCUT2D eigenvalue weighted by Gasteiger charge is -2.28. The molecular formula is C14H20ClFN2. The third-order valence-electron chi connectivity index (χ3n) is 3.48. The third kappa shape index (κ3) is 3.22. The largest absolute Gasteiger partial charge is 0.315 e. The second-order valence-corrected chi connectivity index (χ2v) is 5.22. The van der Waals surface area contributed by atoms with Gasteiger partial charge >= 0.3 is 0 Å². The molecule has 1 atom stereocenters. The quantitative estimate of drug-likeness (QED) is 0.885. The van der Waals surface area contributed by atoms with Crippen molar-refractivity contribution in [3.8, 4) is 0 Å². The van der Waals surface area contributed by atoms with Gasteiger partial charge in [-0.2, -0.15) is 0 Å². The summed E-state index contributed by atoms with van der Waals surface area (Å²) in [7, 11) is 0. The first-order valence-electron chi connectivity index (χ1n) is 6.60. The minimum Gasteiger partial charge on any atom is -0.315 e. The highest BCUT2D eigenvalue weighted by atomic mass is 35.5. The zero-order chi connectivity index (χ0) is 13.0. The van der Waals surface area contributed by atoms with E-state index < -0.39 is 0 Å². The number of benzene rings is 1. The molecule has 1 aliphatic heterocycles. The summed E-state index contributed by atoms with van der Waals surface area (Å²) < 4.78 is 13.8. The maximum absolute atomic E-state index is 13.8. The molecule has 4 heteroatoms. The van der Waals surface area contributed by atoms with Crippen molar-refractivity contribution in [1.29, 1.82) is 0 Å². The lowest BCUT2D eigenvalue weighted by atomic mass is 10.1. The van der Waals surface area contributed by atoms with E-state index in [2.05, 4.69) is 17.1 Å². The molecule has 0 saturated carbocycles. The molecule has 100 valence electrons. The van der Waals surface area contributed by atoms with Crippen LogP contribution in [-0.4, -0.2) is 30.6 Å². The molecule has 0 spiro atoms. The molecule has 2 nitrogen and oxygen atoms in total. The monoisotopic (exact) mass is 270 g/mol. The first-order valence-corrected chi connectivity index (χ1v) is 6.97. The number of hydrogen-bond acceptors (Lipinski definition) is 2. The van der Waals surface area contributed by atoms with E-state index in [9.17, 15) is 4.39 Å². The Kier molecular flexibility index (Phi) is 4.98. The highest BCUT2D eigenvalue weighted by Crippen LogP contribution is 2.23. The molecule has 2 rings (SSSR count). The summed E-state index contributed by atoms with van der Waals surface area (Å²) in [6.07, 6.45) is 2.20. The normalized spacial score (nSPS) is 19.7. The summed E-state index contributed by atoms with van der Waals surface area (Å²) in [6.45, 7) is 5.78. The molecule has 0 amide bonds. The first kappa shape index (κ1) is 13.8. The first-order chi connectivity index (χ1) is 8.72. The lowest BCUT2D eigenvalue weighted by molar-refractivity contribution is 0.197. The summed E-state index contributed by atoms with van der Waals surface area (Å²) in [5.41, 5.74) is 0.625. The lowest BCUT2D eigenvalue weighted by Crippen LogP contribution is -2.37. The van der Waals surface area contributed by atoms with E-state index in [0.29, 0.717) is 23.2 Å². The Morgan fingerprint density at radius 2 is 2.33 bits per heavy atom. The molecule has 18 heavy (non-hydrogen) atoms. The van der Waals surface area contributed by atoms with Crippen molar-refractivity contribution in [2.75, 3.05) is 19.6 Å². The minimum absolute atomic E-state index is 0.199. The van der Waals surface area contributed by atoms with Gasteiger partial charge < -0.3 is 5.32 Å². The second-order valence-electron chi connectivity index (χ2n) is 4.82. The molecule has 0 radical (unpaired) electrons. The molecule has 1 aliphatic rings. The van der Waals surface area contributed by atoms with Crippen molar-refractivity contribution < 1.29 is 4.39 Å². The van der Waals surface area contributed by atoms with Gasteiger partial charge in [0.25, 0.3) is 0 Å². The van der Waals surface area contributed by atoms with Gasteiger partial charge in [-0.15, -0.1) is 0 Å². The predicted octanol–water partition coefficient (Wildman–Crippen LogP) is 3.05. The van der Waals surface area contributed by atoms with Crippen molar-refractivity contribution in [2.45, 2.75) is 32.4 Å². The van der Waals surface area contributed by atoms with Crippen LogP contribution in [0.15, 0.2) is 18.2 Å². The molecule has 1 aromatic rings. The summed E-state index contributed by atoms with van der Waals surface area (Å²) in [6, 6.07) is 5.40. The van der Waals surface area contributed by atoms with E-state index >= 15 is 0 Å². The molecule has 1 N–H and O–H groups in total. The number of nitrogens with zero attached hydrogens (tertiary/aromatic N) is 1. The fourth-order valence-corrected chi connectivity index (χ4v) is 2.74. The fraction of sp³-hybridized carbons (Fsp3) is 0.571. The molecule has 1 heterocycles. The highest BCUT2D eigenvalue weighted by molar-refractivity contribution is 6.31. The van der Waals surface area contributed by atoms with Crippen molar-refractivity contribution in [3.63, 3.8) is 0 Å². The summed E-state index contributed by atoms with van der Waals surface area (Å²) in [5, 5.41) is 3.89. The van der Waals surface area contributed by atoms with Gasteiger partial charge in [-0.25, -0.2) is 4.39 Å². The maximum Gasteiger partial charge on any atom is 0.129 e. The van der Waals surface area contributed by atoms with E-state index in [1.165, 1.54) is 6.07 Å². The number of hydrogen-bond donors (Lipinski definition) is 1. The molecule has 0 aliphatic carbocycles. The van der Waals surface area contributed by atoms with Gasteiger partial charge in [-0.05, 0) is 38.1 Å². The van der Waals surface area contributed by atoms with Crippen LogP contribution in [-0.2, 0) is 6.54 Å². The van der Waals surface area contributed by atoms with Gasteiger partial charge in [0, 0.05) is 29.7 Å². The summed E-state index contributed by atoms with van der Waals surface area (Å²) in [5.74, 6) is -0.199. The number of halogens is 2. The Labute approximate surface area is 113 Å². The van der Waals surface area contributed by atoms with Gasteiger partial charge in [-0.1, -0.05) is 24.6 Å². The van der Waals surface area contributed by atoms with Crippen LogP contribution < -0.4 is 5.32 Å². The molecule has 1 unspecified atom stereocenters. The Balaban J connectivity index is 2.12. The van der Waals surface area contributed by atoms with Crippen LogP contribution in [0.25, 0.3) is 0 Å². The Hall–Kier alpha value is -0.640. The van der Waals surface area contributed by atoms with Gasteiger partial charge in [-0.3, -0.25) is 4.90 Å². The van der Waals surface area contributed by atoms with E-state index in [1.54, 1.807) is 12.1 Å². The van der Waals surface area contributed by atoms with Crippen LogP contribution in [0.2, 0.25) is 5.02 Å². The van der Waals surface area contributed by atoms with Gasteiger partial charge in [0.15, 0.2) is 0 Å². The molecule has 0 aromatic heterocycles. The zero-order valence-electron chi connectivity index (χ0n) is 10.8. The summed E-state index contributed by atoms with van der Waals surface area (Å²) in [4.78, 5) is 2.34. The van der Waals surface area contributed by atoms with Gasteiger partial charge in [0.2, 0.25) is 0 Å².